The molecule has 0 atom stereocenters. The Balaban J connectivity index is 2.15. The lowest BCUT2D eigenvalue weighted by Crippen LogP contribution is -2.27. The molecule has 0 aliphatic rings. The molecule has 0 radical (unpaired) electrons. The van der Waals surface area contributed by atoms with E-state index in [0.29, 0.717) is 5.56 Å². The molecule has 0 saturated carbocycles. The summed E-state index contributed by atoms with van der Waals surface area (Å²) in [6.07, 6.45) is -0.542. The molecule has 0 unspecified atom stereocenters. The predicted molar refractivity (Wildman–Crippen MR) is 87.5 cm³/mol. The Bertz CT molecular complexity index is 807. The van der Waals surface area contributed by atoms with E-state index in [-0.39, 0.29) is 5.56 Å². The van der Waals surface area contributed by atoms with E-state index >= 15 is 0 Å². The van der Waals surface area contributed by atoms with Gasteiger partial charge in [0.1, 0.15) is 0 Å². The van der Waals surface area contributed by atoms with Crippen LogP contribution in [0.1, 0.15) is 27.1 Å². The summed E-state index contributed by atoms with van der Waals surface area (Å²) in [5, 5.41) is 0. The maximum Gasteiger partial charge on any atom is 0.405 e. The number of hydrogen-bond donors (Lipinski definition) is 0. The summed E-state index contributed by atoms with van der Waals surface area (Å²) in [5.74, 6) is -2.00. The van der Waals surface area contributed by atoms with Gasteiger partial charge >= 0.3 is 5.71 Å². The maximum absolute atomic E-state index is 12.2. The topological polar surface area (TPSA) is 87.6 Å². The average Bonchev–Trinajstić information content (AvgIpc) is 2.56. The molecule has 2 aromatic rings. The molecule has 0 aromatic heterocycles. The summed E-state index contributed by atoms with van der Waals surface area (Å²) in [6.45, 7) is 0. The molecule has 114 valence electrons. The van der Waals surface area contributed by atoms with Gasteiger partial charge in [-0.3, -0.25) is 14.4 Å². The molecular weight excluding hydrogens is 360 g/mol. The number of benzene rings is 2. The highest BCUT2D eigenvalue weighted by Gasteiger charge is 2.31. The van der Waals surface area contributed by atoms with Crippen LogP contribution < -0.4 is 0 Å². The van der Waals surface area contributed by atoms with Gasteiger partial charge < -0.3 is 5.53 Å². The SMILES string of the molecule is [N-]=[N+]=C(C(=O)CC(=O)c1ccc(Br)cc1)C(=O)c1ccccc1. The van der Waals surface area contributed by atoms with Gasteiger partial charge in [-0.05, 0) is 12.1 Å². The van der Waals surface area contributed by atoms with Crippen LogP contribution in [-0.2, 0) is 4.79 Å². The summed E-state index contributed by atoms with van der Waals surface area (Å²) >= 11 is 3.25. The second-order valence-electron chi connectivity index (χ2n) is 4.67. The Morgan fingerprint density at radius 3 is 2.09 bits per heavy atom. The van der Waals surface area contributed by atoms with Crippen LogP contribution in [0.3, 0.4) is 0 Å². The maximum atomic E-state index is 12.2. The van der Waals surface area contributed by atoms with Crippen LogP contribution >= 0.6 is 15.9 Å². The van der Waals surface area contributed by atoms with Crippen molar-refractivity contribution in [3.8, 4) is 0 Å². The van der Waals surface area contributed by atoms with E-state index in [2.05, 4.69) is 20.7 Å². The molecule has 0 amide bonds. The molecule has 2 aromatic carbocycles. The minimum Gasteiger partial charge on any atom is -0.360 e. The van der Waals surface area contributed by atoms with Crippen LogP contribution in [0, 0.1) is 0 Å². The summed E-state index contributed by atoms with van der Waals surface area (Å²) < 4.78 is 0.803. The van der Waals surface area contributed by atoms with E-state index in [1.165, 1.54) is 12.1 Å². The van der Waals surface area contributed by atoms with E-state index in [0.717, 1.165) is 4.47 Å². The summed E-state index contributed by atoms with van der Waals surface area (Å²) in [4.78, 5) is 39.1. The number of hydrogen-bond acceptors (Lipinski definition) is 3. The third-order valence-corrected chi connectivity index (χ3v) is 3.63. The van der Waals surface area contributed by atoms with E-state index in [1.54, 1.807) is 42.5 Å². The molecule has 0 spiro atoms. The van der Waals surface area contributed by atoms with Crippen molar-refractivity contribution >= 4 is 39.0 Å². The number of carbonyl (C=O) groups is 3. The number of nitrogens with zero attached hydrogens (tertiary/aromatic N) is 2. The number of rotatable bonds is 6. The summed E-state index contributed by atoms with van der Waals surface area (Å²) in [7, 11) is 0. The molecule has 5 nitrogen and oxygen atoms in total. The van der Waals surface area contributed by atoms with Gasteiger partial charge in [0.2, 0.25) is 0 Å². The highest BCUT2D eigenvalue weighted by molar-refractivity contribution is 9.10. The molecule has 2 rings (SSSR count). The second-order valence-corrected chi connectivity index (χ2v) is 5.59. The van der Waals surface area contributed by atoms with Crippen molar-refractivity contribution in [3.05, 3.63) is 75.7 Å². The molecule has 0 fully saturated rings. The zero-order valence-electron chi connectivity index (χ0n) is 11.9. The Hall–Kier alpha value is -2.69. The monoisotopic (exact) mass is 370 g/mol. The molecule has 0 saturated heterocycles. The van der Waals surface area contributed by atoms with E-state index in [4.69, 9.17) is 5.53 Å². The van der Waals surface area contributed by atoms with Crippen LogP contribution in [0.2, 0.25) is 0 Å². The average molecular weight is 371 g/mol. The number of ketones is 3. The minimum atomic E-state index is -0.825. The van der Waals surface area contributed by atoms with Crippen LogP contribution in [0.4, 0.5) is 0 Å². The third-order valence-electron chi connectivity index (χ3n) is 3.10. The Kier molecular flexibility index (Phi) is 5.46. The highest BCUT2D eigenvalue weighted by Crippen LogP contribution is 2.12. The molecule has 0 aliphatic carbocycles. The van der Waals surface area contributed by atoms with Gasteiger partial charge in [-0.25, -0.2) is 0 Å². The van der Waals surface area contributed by atoms with Gasteiger partial charge in [0, 0.05) is 15.6 Å². The van der Waals surface area contributed by atoms with Crippen molar-refractivity contribution in [2.24, 2.45) is 0 Å². The fourth-order valence-corrected chi connectivity index (χ4v) is 2.19. The van der Waals surface area contributed by atoms with Crippen molar-refractivity contribution in [1.82, 2.24) is 0 Å². The standard InChI is InChI=1S/C17H11BrN2O3/c18-13-8-6-11(7-9-13)14(21)10-15(22)16(20-19)17(23)12-4-2-1-3-5-12/h1-9H,10H2. The Morgan fingerprint density at radius 1 is 0.913 bits per heavy atom. The normalized spacial score (nSPS) is 9.78. The Morgan fingerprint density at radius 2 is 1.52 bits per heavy atom. The summed E-state index contributed by atoms with van der Waals surface area (Å²) in [5.41, 5.74) is 8.88. The molecule has 0 N–H and O–H groups in total. The fourth-order valence-electron chi connectivity index (χ4n) is 1.92. The van der Waals surface area contributed by atoms with Crippen LogP contribution in [0.15, 0.2) is 59.1 Å². The molecule has 23 heavy (non-hydrogen) atoms. The van der Waals surface area contributed by atoms with Crippen LogP contribution in [0.25, 0.3) is 5.53 Å². The molecule has 0 bridgehead atoms. The van der Waals surface area contributed by atoms with Crippen LogP contribution in [0.5, 0.6) is 0 Å². The van der Waals surface area contributed by atoms with Crippen molar-refractivity contribution in [1.29, 1.82) is 0 Å². The lowest BCUT2D eigenvalue weighted by molar-refractivity contribution is -0.116. The van der Waals surface area contributed by atoms with Crippen molar-refractivity contribution < 1.29 is 19.2 Å². The van der Waals surface area contributed by atoms with Gasteiger partial charge in [0.05, 0.1) is 6.42 Å². The largest absolute Gasteiger partial charge is 0.405 e. The fraction of sp³-hybridized carbons (Fsp3) is 0.0588. The van der Waals surface area contributed by atoms with E-state index in [9.17, 15) is 14.4 Å². The lowest BCUT2D eigenvalue weighted by Gasteiger charge is -1.99. The summed E-state index contributed by atoms with van der Waals surface area (Å²) in [6, 6.07) is 14.4. The zero-order valence-corrected chi connectivity index (χ0v) is 13.5. The van der Waals surface area contributed by atoms with Gasteiger partial charge in [0.15, 0.2) is 5.78 Å². The number of Topliss-reactive ketones (excluding diaryl/α,β-unsaturated/α-hetero) is 3. The number of carbonyl (C=O) groups excluding carboxylic acids is 3. The van der Waals surface area contributed by atoms with Gasteiger partial charge in [-0.1, -0.05) is 58.4 Å². The van der Waals surface area contributed by atoms with Crippen molar-refractivity contribution in [3.63, 3.8) is 0 Å². The van der Waals surface area contributed by atoms with Gasteiger partial charge in [0.25, 0.3) is 11.6 Å². The molecule has 0 aliphatic heterocycles. The second kappa shape index (κ2) is 7.54. The van der Waals surface area contributed by atoms with Crippen LogP contribution in [-0.4, -0.2) is 27.9 Å². The molecule has 0 heterocycles. The first-order chi connectivity index (χ1) is 11.0. The quantitative estimate of drug-likeness (QED) is 0.257. The van der Waals surface area contributed by atoms with E-state index in [1.807, 2.05) is 0 Å². The first-order valence-electron chi connectivity index (χ1n) is 6.66. The van der Waals surface area contributed by atoms with Gasteiger partial charge in [-0.15, -0.1) is 0 Å². The Labute approximate surface area is 140 Å². The highest BCUT2D eigenvalue weighted by atomic mass is 79.9. The predicted octanol–water partition coefficient (Wildman–Crippen LogP) is 3.14. The first kappa shape index (κ1) is 16.7. The molecule has 6 heteroatoms. The first-order valence-corrected chi connectivity index (χ1v) is 7.46. The molecular formula is C17H11BrN2O3. The smallest absolute Gasteiger partial charge is 0.360 e. The van der Waals surface area contributed by atoms with Crippen molar-refractivity contribution in [2.75, 3.05) is 0 Å². The number of halogens is 1. The van der Waals surface area contributed by atoms with Gasteiger partial charge in [-0.2, -0.15) is 4.79 Å². The lowest BCUT2D eigenvalue weighted by atomic mass is 9.99. The zero-order chi connectivity index (χ0) is 16.8. The minimum absolute atomic E-state index is 0.213. The van der Waals surface area contributed by atoms with Crippen molar-refractivity contribution in [2.45, 2.75) is 6.42 Å². The van der Waals surface area contributed by atoms with E-state index < -0.39 is 29.5 Å². The third kappa shape index (κ3) is 4.16.